The van der Waals surface area contributed by atoms with Crippen LogP contribution >= 0.6 is 0 Å². The minimum absolute atomic E-state index is 0.400. The first-order chi connectivity index (χ1) is 7.61. The summed E-state index contributed by atoms with van der Waals surface area (Å²) in [4.78, 5) is 3.84. The highest BCUT2D eigenvalue weighted by molar-refractivity contribution is 5.48. The van der Waals surface area contributed by atoms with Crippen LogP contribution in [-0.2, 0) is 0 Å². The smallest absolute Gasteiger partial charge is 0.253 e. The zero-order valence-electron chi connectivity index (χ0n) is 8.44. The molecule has 0 atom stereocenters. The first-order valence-electron chi connectivity index (χ1n) is 5.06. The lowest BCUT2D eigenvalue weighted by atomic mass is 10.1. The van der Waals surface area contributed by atoms with Crippen LogP contribution in [0.25, 0.3) is 0 Å². The van der Waals surface area contributed by atoms with Crippen LogP contribution in [0.1, 0.15) is 19.3 Å². The van der Waals surface area contributed by atoms with E-state index in [1.165, 1.54) is 4.90 Å². The van der Waals surface area contributed by atoms with E-state index in [0.717, 1.165) is 19.3 Å². The van der Waals surface area contributed by atoms with Crippen LogP contribution in [0.4, 0.5) is 23.2 Å². The zero-order chi connectivity index (χ0) is 11.7. The van der Waals surface area contributed by atoms with E-state index in [2.05, 4.69) is 4.98 Å². The number of piperidine rings is 1. The quantitative estimate of drug-likeness (QED) is 0.548. The van der Waals surface area contributed by atoms with Gasteiger partial charge in [-0.05, 0) is 19.3 Å². The van der Waals surface area contributed by atoms with Crippen LogP contribution in [0, 0.1) is 23.5 Å². The van der Waals surface area contributed by atoms with Crippen LogP contribution in [0.15, 0.2) is 0 Å². The molecule has 0 unspecified atom stereocenters. The third-order valence-corrected chi connectivity index (χ3v) is 2.65. The Balaban J connectivity index is 2.45. The maximum Gasteiger partial charge on any atom is 0.253 e. The second-order valence-corrected chi connectivity index (χ2v) is 3.72. The molecule has 0 radical (unpaired) electrons. The number of anilines is 1. The molecule has 6 heteroatoms. The number of rotatable bonds is 1. The molecule has 1 aromatic heterocycles. The van der Waals surface area contributed by atoms with Crippen molar-refractivity contribution in [1.82, 2.24) is 4.98 Å². The molecule has 1 aliphatic rings. The second-order valence-electron chi connectivity index (χ2n) is 3.72. The first-order valence-corrected chi connectivity index (χ1v) is 5.06. The number of pyridine rings is 1. The molecule has 16 heavy (non-hydrogen) atoms. The molecule has 1 saturated heterocycles. The Morgan fingerprint density at radius 3 is 1.81 bits per heavy atom. The van der Waals surface area contributed by atoms with Gasteiger partial charge < -0.3 is 4.90 Å². The first kappa shape index (κ1) is 11.2. The Morgan fingerprint density at radius 1 is 0.812 bits per heavy atom. The van der Waals surface area contributed by atoms with E-state index >= 15 is 0 Å². The van der Waals surface area contributed by atoms with Gasteiger partial charge in [0.15, 0.2) is 0 Å². The van der Waals surface area contributed by atoms with Crippen molar-refractivity contribution in [1.29, 1.82) is 0 Å². The Kier molecular flexibility index (Phi) is 2.98. The summed E-state index contributed by atoms with van der Waals surface area (Å²) in [6.07, 6.45) is 2.46. The molecule has 2 heterocycles. The summed E-state index contributed by atoms with van der Waals surface area (Å²) in [7, 11) is 0. The van der Waals surface area contributed by atoms with Gasteiger partial charge in [-0.1, -0.05) is 0 Å². The lowest BCUT2D eigenvalue weighted by Crippen LogP contribution is -2.31. The highest BCUT2D eigenvalue weighted by atomic mass is 19.2. The van der Waals surface area contributed by atoms with Crippen molar-refractivity contribution in [3.8, 4) is 0 Å². The van der Waals surface area contributed by atoms with Crippen molar-refractivity contribution in [2.24, 2.45) is 0 Å². The van der Waals surface area contributed by atoms with E-state index < -0.39 is 29.2 Å². The van der Waals surface area contributed by atoms with E-state index in [-0.39, 0.29) is 0 Å². The molecular formula is C10H10F4N2. The molecular weight excluding hydrogens is 224 g/mol. The number of aromatic nitrogens is 1. The van der Waals surface area contributed by atoms with Gasteiger partial charge in [-0.25, -0.2) is 0 Å². The fourth-order valence-electron chi connectivity index (χ4n) is 1.87. The number of hydrogen-bond donors (Lipinski definition) is 0. The Morgan fingerprint density at radius 2 is 1.31 bits per heavy atom. The molecule has 88 valence electrons. The van der Waals surface area contributed by atoms with Crippen LogP contribution in [0.3, 0.4) is 0 Å². The number of hydrogen-bond acceptors (Lipinski definition) is 2. The zero-order valence-corrected chi connectivity index (χ0v) is 8.44. The van der Waals surface area contributed by atoms with Crippen LogP contribution in [-0.4, -0.2) is 18.1 Å². The van der Waals surface area contributed by atoms with Gasteiger partial charge in [-0.2, -0.15) is 22.5 Å². The summed E-state index contributed by atoms with van der Waals surface area (Å²) < 4.78 is 52.4. The molecule has 0 aliphatic carbocycles. The molecule has 1 fully saturated rings. The molecule has 0 N–H and O–H groups in total. The molecule has 0 bridgehead atoms. The minimum atomic E-state index is -1.60. The van der Waals surface area contributed by atoms with Crippen molar-refractivity contribution in [2.75, 3.05) is 18.0 Å². The van der Waals surface area contributed by atoms with Gasteiger partial charge in [0.1, 0.15) is 5.69 Å². The lowest BCUT2D eigenvalue weighted by Gasteiger charge is -2.29. The average molecular weight is 234 g/mol. The third-order valence-electron chi connectivity index (χ3n) is 2.65. The maximum atomic E-state index is 13.3. The Hall–Kier alpha value is -1.33. The van der Waals surface area contributed by atoms with Gasteiger partial charge in [0, 0.05) is 13.1 Å². The highest BCUT2D eigenvalue weighted by Gasteiger charge is 2.26. The Labute approximate surface area is 89.9 Å². The molecule has 1 aliphatic heterocycles. The van der Waals surface area contributed by atoms with Gasteiger partial charge in [-0.15, -0.1) is 0 Å². The van der Waals surface area contributed by atoms with Gasteiger partial charge in [0.25, 0.3) is 11.9 Å². The van der Waals surface area contributed by atoms with Crippen molar-refractivity contribution in [3.05, 3.63) is 23.5 Å². The van der Waals surface area contributed by atoms with E-state index in [4.69, 9.17) is 0 Å². The molecule has 0 amide bonds. The van der Waals surface area contributed by atoms with E-state index in [1.54, 1.807) is 0 Å². The van der Waals surface area contributed by atoms with Crippen LogP contribution in [0.2, 0.25) is 0 Å². The standard InChI is InChI=1S/C10H10F4N2/c11-6-8(16-4-2-1-3-5-16)7(12)10(14)15-9(6)13/h1-5H2. The fourth-order valence-corrected chi connectivity index (χ4v) is 1.87. The van der Waals surface area contributed by atoms with Crippen molar-refractivity contribution < 1.29 is 17.6 Å². The second kappa shape index (κ2) is 4.27. The molecule has 0 saturated carbocycles. The van der Waals surface area contributed by atoms with E-state index in [9.17, 15) is 17.6 Å². The summed E-state index contributed by atoms with van der Waals surface area (Å²) in [6, 6.07) is 0. The average Bonchev–Trinajstić information content (AvgIpc) is 2.28. The van der Waals surface area contributed by atoms with Crippen molar-refractivity contribution >= 4 is 5.69 Å². The Bertz CT molecular complexity index is 376. The highest BCUT2D eigenvalue weighted by Crippen LogP contribution is 2.28. The minimum Gasteiger partial charge on any atom is -0.367 e. The monoisotopic (exact) mass is 234 g/mol. The number of nitrogens with zero attached hydrogens (tertiary/aromatic N) is 2. The van der Waals surface area contributed by atoms with E-state index in [1.807, 2.05) is 0 Å². The normalized spacial score (nSPS) is 16.6. The summed E-state index contributed by atoms with van der Waals surface area (Å²) in [5.41, 5.74) is -0.635. The predicted octanol–water partition coefficient (Wildman–Crippen LogP) is 2.63. The van der Waals surface area contributed by atoms with Gasteiger partial charge in [-0.3, -0.25) is 0 Å². The van der Waals surface area contributed by atoms with Crippen LogP contribution < -0.4 is 4.90 Å². The summed E-state index contributed by atoms with van der Waals surface area (Å²) in [5, 5.41) is 0. The SMILES string of the molecule is Fc1nc(F)c(F)c(N2CCCCC2)c1F. The summed E-state index contributed by atoms with van der Waals surface area (Å²) in [5.74, 6) is -6.03. The molecule has 2 rings (SSSR count). The lowest BCUT2D eigenvalue weighted by molar-refractivity contribution is 0.402. The van der Waals surface area contributed by atoms with E-state index in [0.29, 0.717) is 13.1 Å². The van der Waals surface area contributed by atoms with Crippen molar-refractivity contribution in [3.63, 3.8) is 0 Å². The fraction of sp³-hybridized carbons (Fsp3) is 0.500. The largest absolute Gasteiger partial charge is 0.367 e. The van der Waals surface area contributed by atoms with Gasteiger partial charge in [0.2, 0.25) is 11.6 Å². The third kappa shape index (κ3) is 1.83. The van der Waals surface area contributed by atoms with Gasteiger partial charge >= 0.3 is 0 Å². The molecule has 1 aromatic rings. The summed E-state index contributed by atoms with van der Waals surface area (Å²) >= 11 is 0. The molecule has 0 aromatic carbocycles. The summed E-state index contributed by atoms with van der Waals surface area (Å²) in [6.45, 7) is 0.799. The van der Waals surface area contributed by atoms with Gasteiger partial charge in [0.05, 0.1) is 0 Å². The molecule has 2 nitrogen and oxygen atoms in total. The van der Waals surface area contributed by atoms with Crippen LogP contribution in [0.5, 0.6) is 0 Å². The predicted molar refractivity (Wildman–Crippen MR) is 50.1 cm³/mol. The topological polar surface area (TPSA) is 16.1 Å². The maximum absolute atomic E-state index is 13.3. The number of halogens is 4. The molecule has 0 spiro atoms. The van der Waals surface area contributed by atoms with Crippen molar-refractivity contribution in [2.45, 2.75) is 19.3 Å².